The summed E-state index contributed by atoms with van der Waals surface area (Å²) in [5.41, 5.74) is 0.640. The number of hydrogen-bond acceptors (Lipinski definition) is 4. The summed E-state index contributed by atoms with van der Waals surface area (Å²) in [7, 11) is 2.13. The van der Waals surface area contributed by atoms with Crippen molar-refractivity contribution in [1.82, 2.24) is 14.8 Å². The molecule has 1 N–H and O–H groups in total. The van der Waals surface area contributed by atoms with E-state index in [1.54, 1.807) is 12.3 Å². The zero-order valence-corrected chi connectivity index (χ0v) is 9.63. The van der Waals surface area contributed by atoms with Crippen LogP contribution >= 0.6 is 0 Å². The average Bonchev–Trinajstić information content (AvgIpc) is 2.33. The highest BCUT2D eigenvalue weighted by atomic mass is 16.3. The van der Waals surface area contributed by atoms with Crippen molar-refractivity contribution in [3.63, 3.8) is 0 Å². The Hall–Kier alpha value is -0.970. The maximum Gasteiger partial charge on any atom is 0.109 e. The summed E-state index contributed by atoms with van der Waals surface area (Å²) in [5, 5.41) is 9.99. The number of aliphatic hydroxyl groups excluding tert-OH is 1. The van der Waals surface area contributed by atoms with E-state index in [2.05, 4.69) is 27.9 Å². The van der Waals surface area contributed by atoms with Gasteiger partial charge < -0.3 is 10.0 Å². The van der Waals surface area contributed by atoms with E-state index in [1.807, 2.05) is 6.07 Å². The Kier molecular flexibility index (Phi) is 3.88. The maximum absolute atomic E-state index is 9.99. The molecule has 0 saturated carbocycles. The number of aliphatic hydroxyl groups is 1. The second kappa shape index (κ2) is 5.39. The number of hydrogen-bond donors (Lipinski definition) is 1. The van der Waals surface area contributed by atoms with Gasteiger partial charge in [0, 0.05) is 45.0 Å². The van der Waals surface area contributed by atoms with Gasteiger partial charge in [-0.25, -0.2) is 0 Å². The molecule has 0 bridgehead atoms. The fourth-order valence-electron chi connectivity index (χ4n) is 1.88. The van der Waals surface area contributed by atoms with E-state index in [4.69, 9.17) is 0 Å². The standard InChI is InChI=1S/C12H18N3O/c1-14-6-8-15(9-7-14)10-12(16)11-4-2-3-5-13-11/h2-3,5,12,16H,6-10H2,1H3. The lowest BCUT2D eigenvalue weighted by atomic mass is 10.2. The first-order valence-electron chi connectivity index (χ1n) is 5.67. The van der Waals surface area contributed by atoms with Crippen molar-refractivity contribution < 1.29 is 5.11 Å². The molecule has 1 atom stereocenters. The van der Waals surface area contributed by atoms with E-state index in [0.717, 1.165) is 26.2 Å². The van der Waals surface area contributed by atoms with Crippen LogP contribution in [0.3, 0.4) is 0 Å². The molecule has 2 heterocycles. The van der Waals surface area contributed by atoms with Crippen LogP contribution in [-0.2, 0) is 0 Å². The molecule has 1 aromatic rings. The maximum atomic E-state index is 9.99. The molecule has 4 heteroatoms. The first-order valence-corrected chi connectivity index (χ1v) is 5.67. The molecule has 1 aromatic heterocycles. The SMILES string of the molecule is CN1CCN(CC(O)c2[c]cccn2)CC1. The van der Waals surface area contributed by atoms with Crippen LogP contribution < -0.4 is 0 Å². The van der Waals surface area contributed by atoms with Gasteiger partial charge in [0.25, 0.3) is 0 Å². The molecule has 1 unspecified atom stereocenters. The van der Waals surface area contributed by atoms with Crippen molar-refractivity contribution in [1.29, 1.82) is 0 Å². The number of nitrogens with zero attached hydrogens (tertiary/aromatic N) is 3. The lowest BCUT2D eigenvalue weighted by Gasteiger charge is -2.33. The van der Waals surface area contributed by atoms with Crippen LogP contribution in [0.25, 0.3) is 0 Å². The highest BCUT2D eigenvalue weighted by Crippen LogP contribution is 2.11. The number of likely N-dealkylation sites (N-methyl/N-ethyl adjacent to an activating group) is 1. The predicted octanol–water partition coefficient (Wildman–Crippen LogP) is 0.163. The highest BCUT2D eigenvalue weighted by molar-refractivity contribution is 5.05. The number of piperazine rings is 1. The van der Waals surface area contributed by atoms with Crippen molar-refractivity contribution >= 4 is 0 Å². The Morgan fingerprint density at radius 3 is 2.81 bits per heavy atom. The molecule has 2 rings (SSSR count). The van der Waals surface area contributed by atoms with Gasteiger partial charge in [-0.15, -0.1) is 0 Å². The predicted molar refractivity (Wildman–Crippen MR) is 62.0 cm³/mol. The Bertz CT molecular complexity index is 309. The fourth-order valence-corrected chi connectivity index (χ4v) is 1.88. The normalized spacial score (nSPS) is 20.9. The summed E-state index contributed by atoms with van der Waals surface area (Å²) >= 11 is 0. The van der Waals surface area contributed by atoms with Crippen LogP contribution in [0.2, 0.25) is 0 Å². The lowest BCUT2D eigenvalue weighted by Crippen LogP contribution is -2.45. The number of pyridine rings is 1. The van der Waals surface area contributed by atoms with Gasteiger partial charge in [-0.2, -0.15) is 0 Å². The van der Waals surface area contributed by atoms with Gasteiger partial charge in [-0.1, -0.05) is 6.07 Å². The Labute approximate surface area is 96.5 Å². The van der Waals surface area contributed by atoms with Crippen molar-refractivity contribution in [2.45, 2.75) is 6.10 Å². The molecule has 0 aliphatic carbocycles. The van der Waals surface area contributed by atoms with Gasteiger partial charge in [-0.05, 0) is 13.1 Å². The first kappa shape index (κ1) is 11.5. The lowest BCUT2D eigenvalue weighted by molar-refractivity contribution is 0.0782. The topological polar surface area (TPSA) is 39.6 Å². The summed E-state index contributed by atoms with van der Waals surface area (Å²) in [5.74, 6) is 0. The quantitative estimate of drug-likeness (QED) is 0.788. The number of aromatic nitrogens is 1. The molecule has 87 valence electrons. The van der Waals surface area contributed by atoms with Crippen LogP contribution in [0.1, 0.15) is 11.8 Å². The second-order valence-electron chi connectivity index (χ2n) is 4.29. The summed E-state index contributed by atoms with van der Waals surface area (Å²) in [6.07, 6.45) is 1.17. The van der Waals surface area contributed by atoms with Crippen LogP contribution in [-0.4, -0.2) is 59.7 Å². The van der Waals surface area contributed by atoms with Crippen molar-refractivity contribution in [3.05, 3.63) is 30.1 Å². The van der Waals surface area contributed by atoms with Crippen molar-refractivity contribution in [3.8, 4) is 0 Å². The van der Waals surface area contributed by atoms with Crippen molar-refractivity contribution in [2.75, 3.05) is 39.8 Å². The molecule has 1 aliphatic heterocycles. The van der Waals surface area contributed by atoms with E-state index in [9.17, 15) is 5.11 Å². The van der Waals surface area contributed by atoms with Gasteiger partial charge in [0.15, 0.2) is 0 Å². The number of β-amino-alcohol motifs (C(OH)–C–C–N with tert-alkyl or cyclic N) is 1. The summed E-state index contributed by atoms with van der Waals surface area (Å²) < 4.78 is 0. The first-order chi connectivity index (χ1) is 7.75. The molecule has 1 fully saturated rings. The van der Waals surface area contributed by atoms with E-state index < -0.39 is 6.10 Å². The molecule has 0 amide bonds. The largest absolute Gasteiger partial charge is 0.385 e. The minimum atomic E-state index is -0.524. The van der Waals surface area contributed by atoms with Crippen LogP contribution in [0.5, 0.6) is 0 Å². The van der Waals surface area contributed by atoms with E-state index in [1.165, 1.54) is 0 Å². The third-order valence-corrected chi connectivity index (χ3v) is 2.97. The summed E-state index contributed by atoms with van der Waals surface area (Å²) in [6.45, 7) is 4.82. The molecular formula is C12H18N3O. The molecular weight excluding hydrogens is 202 g/mol. The van der Waals surface area contributed by atoms with E-state index >= 15 is 0 Å². The molecule has 1 saturated heterocycles. The Morgan fingerprint density at radius 2 is 2.19 bits per heavy atom. The zero-order chi connectivity index (χ0) is 11.4. The van der Waals surface area contributed by atoms with Gasteiger partial charge >= 0.3 is 0 Å². The van der Waals surface area contributed by atoms with Crippen LogP contribution in [0.15, 0.2) is 18.3 Å². The molecule has 1 radical (unpaired) electrons. The molecule has 1 aliphatic rings. The minimum absolute atomic E-state index is 0.524. The Morgan fingerprint density at radius 1 is 1.44 bits per heavy atom. The number of rotatable bonds is 3. The third-order valence-electron chi connectivity index (χ3n) is 2.97. The summed E-state index contributed by atoms with van der Waals surface area (Å²) in [6, 6.07) is 6.57. The van der Waals surface area contributed by atoms with Gasteiger partial charge in [-0.3, -0.25) is 9.88 Å². The zero-order valence-electron chi connectivity index (χ0n) is 9.63. The van der Waals surface area contributed by atoms with E-state index in [0.29, 0.717) is 12.2 Å². The van der Waals surface area contributed by atoms with Crippen molar-refractivity contribution in [2.24, 2.45) is 0 Å². The minimum Gasteiger partial charge on any atom is -0.385 e. The third kappa shape index (κ3) is 3.01. The monoisotopic (exact) mass is 220 g/mol. The van der Waals surface area contributed by atoms with Gasteiger partial charge in [0.1, 0.15) is 6.10 Å². The van der Waals surface area contributed by atoms with Crippen LogP contribution in [0.4, 0.5) is 0 Å². The average molecular weight is 220 g/mol. The highest BCUT2D eigenvalue weighted by Gasteiger charge is 2.18. The fraction of sp³-hybridized carbons (Fsp3) is 0.583. The van der Waals surface area contributed by atoms with Gasteiger partial charge in [0.05, 0.1) is 5.69 Å². The van der Waals surface area contributed by atoms with Gasteiger partial charge in [0.2, 0.25) is 0 Å². The smallest absolute Gasteiger partial charge is 0.109 e. The Balaban J connectivity index is 1.86. The molecule has 0 spiro atoms. The van der Waals surface area contributed by atoms with E-state index in [-0.39, 0.29) is 0 Å². The molecule has 16 heavy (non-hydrogen) atoms. The second-order valence-corrected chi connectivity index (χ2v) is 4.29. The molecule has 4 nitrogen and oxygen atoms in total. The van der Waals surface area contributed by atoms with Crippen LogP contribution in [0, 0.1) is 6.07 Å². The molecule has 0 aromatic carbocycles. The summed E-state index contributed by atoms with van der Waals surface area (Å²) in [4.78, 5) is 8.69.